The lowest BCUT2D eigenvalue weighted by atomic mass is 9.65. The Morgan fingerprint density at radius 3 is 2.63 bits per heavy atom. The lowest BCUT2D eigenvalue weighted by Gasteiger charge is -2.54. The first kappa shape index (κ1) is 18.0. The van der Waals surface area contributed by atoms with E-state index in [9.17, 15) is 4.79 Å². The standard InChI is InChI=1S/C21H28N4O2/c1-16(2)25-13-18(12-23-25)19-21(15-22-19)8-10-24(11-9-21)20(26)27-14-17-6-4-3-5-7-17/h3-7,12-13,16,19,22H,8-11,14-15H2,1-2H3/t19-/m1/s1. The van der Waals surface area contributed by atoms with Crippen molar-refractivity contribution in [3.05, 3.63) is 53.9 Å². The number of likely N-dealkylation sites (tertiary alicyclic amines) is 1. The highest BCUT2D eigenvalue weighted by Crippen LogP contribution is 2.48. The Morgan fingerprint density at radius 2 is 2.04 bits per heavy atom. The molecule has 0 aliphatic carbocycles. The summed E-state index contributed by atoms with van der Waals surface area (Å²) < 4.78 is 7.50. The van der Waals surface area contributed by atoms with Crippen LogP contribution in [0.25, 0.3) is 0 Å². The number of ether oxygens (including phenoxy) is 1. The van der Waals surface area contributed by atoms with Crippen molar-refractivity contribution in [1.82, 2.24) is 20.0 Å². The van der Waals surface area contributed by atoms with Crippen molar-refractivity contribution in [2.45, 2.75) is 45.4 Å². The molecule has 1 N–H and O–H groups in total. The average Bonchev–Trinajstić information content (AvgIpc) is 3.16. The summed E-state index contributed by atoms with van der Waals surface area (Å²) in [6.45, 7) is 7.13. The first-order valence-corrected chi connectivity index (χ1v) is 9.80. The molecule has 1 amide bonds. The molecular formula is C21H28N4O2. The largest absolute Gasteiger partial charge is 0.445 e. The first-order valence-electron chi connectivity index (χ1n) is 9.80. The van der Waals surface area contributed by atoms with Gasteiger partial charge in [-0.25, -0.2) is 4.79 Å². The molecule has 6 nitrogen and oxygen atoms in total. The Hall–Kier alpha value is -2.34. The van der Waals surface area contributed by atoms with E-state index in [1.54, 1.807) is 0 Å². The summed E-state index contributed by atoms with van der Waals surface area (Å²) in [6.07, 6.45) is 5.93. The van der Waals surface area contributed by atoms with Crippen molar-refractivity contribution in [1.29, 1.82) is 0 Å². The van der Waals surface area contributed by atoms with Gasteiger partial charge in [-0.1, -0.05) is 30.3 Å². The van der Waals surface area contributed by atoms with Crippen molar-refractivity contribution in [3.8, 4) is 0 Å². The van der Waals surface area contributed by atoms with Crippen molar-refractivity contribution >= 4 is 6.09 Å². The highest BCUT2D eigenvalue weighted by Gasteiger charge is 2.49. The van der Waals surface area contributed by atoms with Gasteiger partial charge in [0.2, 0.25) is 0 Å². The van der Waals surface area contributed by atoms with Gasteiger partial charge in [-0.2, -0.15) is 5.10 Å². The van der Waals surface area contributed by atoms with E-state index in [1.165, 1.54) is 5.56 Å². The molecule has 0 bridgehead atoms. The van der Waals surface area contributed by atoms with Crippen LogP contribution < -0.4 is 5.32 Å². The summed E-state index contributed by atoms with van der Waals surface area (Å²) >= 11 is 0. The molecule has 1 aromatic carbocycles. The molecule has 0 radical (unpaired) electrons. The van der Waals surface area contributed by atoms with E-state index in [0.717, 1.165) is 38.0 Å². The second-order valence-corrected chi connectivity index (χ2v) is 8.05. The van der Waals surface area contributed by atoms with Gasteiger partial charge in [0.1, 0.15) is 6.61 Å². The summed E-state index contributed by atoms with van der Waals surface area (Å²) in [4.78, 5) is 14.2. The zero-order valence-corrected chi connectivity index (χ0v) is 16.1. The van der Waals surface area contributed by atoms with Gasteiger partial charge in [-0.05, 0) is 32.3 Å². The minimum absolute atomic E-state index is 0.204. The zero-order valence-electron chi connectivity index (χ0n) is 16.1. The fourth-order valence-corrected chi connectivity index (χ4v) is 4.16. The third kappa shape index (κ3) is 3.58. The van der Waals surface area contributed by atoms with Crippen LogP contribution in [0.15, 0.2) is 42.7 Å². The molecule has 144 valence electrons. The summed E-state index contributed by atoms with van der Waals surface area (Å²) in [6, 6.07) is 10.5. The SMILES string of the molecule is CC(C)n1cc([C@H]2NCC23CCN(C(=O)OCc2ccccc2)CC3)cn1. The maximum atomic E-state index is 12.4. The van der Waals surface area contributed by atoms with Crippen LogP contribution in [0.4, 0.5) is 4.79 Å². The van der Waals surface area contributed by atoms with Crippen LogP contribution in [-0.4, -0.2) is 40.4 Å². The summed E-state index contributed by atoms with van der Waals surface area (Å²) in [5, 5.41) is 8.06. The summed E-state index contributed by atoms with van der Waals surface area (Å²) in [5.41, 5.74) is 2.51. The Bertz CT molecular complexity index is 778. The van der Waals surface area contributed by atoms with Gasteiger partial charge >= 0.3 is 6.09 Å². The molecule has 0 saturated carbocycles. The van der Waals surface area contributed by atoms with E-state index in [4.69, 9.17) is 4.74 Å². The van der Waals surface area contributed by atoms with E-state index in [1.807, 2.05) is 46.1 Å². The number of aromatic nitrogens is 2. The molecule has 2 aliphatic heterocycles. The Morgan fingerprint density at radius 1 is 1.30 bits per heavy atom. The number of hydrogen-bond acceptors (Lipinski definition) is 4. The predicted octanol–water partition coefficient (Wildman–Crippen LogP) is 3.53. The molecule has 1 spiro atoms. The number of nitrogens with one attached hydrogen (secondary N) is 1. The predicted molar refractivity (Wildman–Crippen MR) is 103 cm³/mol. The zero-order chi connectivity index (χ0) is 18.9. The van der Waals surface area contributed by atoms with Gasteiger partial charge in [0, 0.05) is 48.9 Å². The maximum absolute atomic E-state index is 12.4. The molecule has 2 saturated heterocycles. The lowest BCUT2D eigenvalue weighted by Crippen LogP contribution is -2.60. The van der Waals surface area contributed by atoms with Crippen LogP contribution in [0.2, 0.25) is 0 Å². The molecule has 2 fully saturated rings. The molecule has 27 heavy (non-hydrogen) atoms. The molecule has 2 aromatic rings. The number of rotatable bonds is 4. The number of carbonyl (C=O) groups excluding carboxylic acids is 1. The summed E-state index contributed by atoms with van der Waals surface area (Å²) in [5.74, 6) is 0. The van der Waals surface area contributed by atoms with Crippen LogP contribution in [0, 0.1) is 5.41 Å². The average molecular weight is 368 g/mol. The fourth-order valence-electron chi connectivity index (χ4n) is 4.16. The van der Waals surface area contributed by atoms with Gasteiger partial charge < -0.3 is 15.0 Å². The second kappa shape index (κ2) is 7.35. The number of benzene rings is 1. The lowest BCUT2D eigenvalue weighted by molar-refractivity contribution is 0.0000375. The van der Waals surface area contributed by atoms with Crippen LogP contribution in [0.1, 0.15) is 49.9 Å². The van der Waals surface area contributed by atoms with Crippen molar-refractivity contribution < 1.29 is 9.53 Å². The third-order valence-corrected chi connectivity index (χ3v) is 5.98. The topological polar surface area (TPSA) is 59.4 Å². The van der Waals surface area contributed by atoms with Gasteiger partial charge in [-0.3, -0.25) is 4.68 Å². The van der Waals surface area contributed by atoms with Gasteiger partial charge in [0.05, 0.1) is 6.20 Å². The molecule has 6 heteroatoms. The molecule has 1 atom stereocenters. The van der Waals surface area contributed by atoms with Crippen molar-refractivity contribution in [2.75, 3.05) is 19.6 Å². The van der Waals surface area contributed by atoms with E-state index in [2.05, 4.69) is 30.5 Å². The highest BCUT2D eigenvalue weighted by molar-refractivity contribution is 5.67. The Labute approximate surface area is 160 Å². The van der Waals surface area contributed by atoms with Crippen molar-refractivity contribution in [3.63, 3.8) is 0 Å². The highest BCUT2D eigenvalue weighted by atomic mass is 16.6. The molecule has 0 unspecified atom stereocenters. The number of nitrogens with zero attached hydrogens (tertiary/aromatic N) is 3. The minimum atomic E-state index is -0.204. The van der Waals surface area contributed by atoms with Gasteiger partial charge in [0.15, 0.2) is 0 Å². The molecule has 4 rings (SSSR count). The smallest absolute Gasteiger partial charge is 0.410 e. The van der Waals surface area contributed by atoms with E-state index >= 15 is 0 Å². The first-order chi connectivity index (χ1) is 13.1. The van der Waals surface area contributed by atoms with Gasteiger partial charge in [-0.15, -0.1) is 0 Å². The monoisotopic (exact) mass is 368 g/mol. The number of amides is 1. The van der Waals surface area contributed by atoms with E-state index in [0.29, 0.717) is 18.7 Å². The summed E-state index contributed by atoms with van der Waals surface area (Å²) in [7, 11) is 0. The minimum Gasteiger partial charge on any atom is -0.445 e. The second-order valence-electron chi connectivity index (χ2n) is 8.05. The van der Waals surface area contributed by atoms with Crippen molar-refractivity contribution in [2.24, 2.45) is 5.41 Å². The quantitative estimate of drug-likeness (QED) is 0.897. The van der Waals surface area contributed by atoms with Crippen LogP contribution in [0.3, 0.4) is 0 Å². The molecule has 3 heterocycles. The van der Waals surface area contributed by atoms with E-state index in [-0.39, 0.29) is 11.5 Å². The fraction of sp³-hybridized carbons (Fsp3) is 0.524. The van der Waals surface area contributed by atoms with E-state index < -0.39 is 0 Å². The molecule has 1 aromatic heterocycles. The maximum Gasteiger partial charge on any atom is 0.410 e. The van der Waals surface area contributed by atoms with Crippen LogP contribution in [0.5, 0.6) is 0 Å². The van der Waals surface area contributed by atoms with Crippen LogP contribution in [-0.2, 0) is 11.3 Å². The Balaban J connectivity index is 1.32. The molecule has 2 aliphatic rings. The van der Waals surface area contributed by atoms with Crippen LogP contribution >= 0.6 is 0 Å². The molecular weight excluding hydrogens is 340 g/mol. The third-order valence-electron chi connectivity index (χ3n) is 5.98. The number of hydrogen-bond donors (Lipinski definition) is 1. The van der Waals surface area contributed by atoms with Gasteiger partial charge in [0.25, 0.3) is 0 Å². The number of carbonyl (C=O) groups is 1. The number of piperidine rings is 1. The Kier molecular flexibility index (Phi) is 4.91. The normalized spacial score (nSPS) is 21.3.